The minimum Gasteiger partial charge on any atom is -0.394 e. The van der Waals surface area contributed by atoms with Gasteiger partial charge < -0.3 is 15.2 Å². The van der Waals surface area contributed by atoms with Crippen molar-refractivity contribution in [1.82, 2.24) is 16.0 Å². The van der Waals surface area contributed by atoms with E-state index in [9.17, 15) is 9.90 Å². The van der Waals surface area contributed by atoms with Gasteiger partial charge in [-0.05, 0) is 50.1 Å². The van der Waals surface area contributed by atoms with E-state index >= 15 is 0 Å². The average Bonchev–Trinajstić information content (AvgIpc) is 3.23. The molecule has 0 aromatic heterocycles. The molecule has 154 valence electrons. The maximum atomic E-state index is 12.7. The predicted molar refractivity (Wildman–Crippen MR) is 113 cm³/mol. The lowest BCUT2D eigenvalue weighted by Gasteiger charge is -2.24. The number of benzene rings is 2. The van der Waals surface area contributed by atoms with Crippen LogP contribution in [0.3, 0.4) is 0 Å². The number of hydrazine groups is 2. The van der Waals surface area contributed by atoms with E-state index in [2.05, 4.69) is 16.0 Å². The first-order valence-corrected chi connectivity index (χ1v) is 9.46. The molecule has 2 aromatic carbocycles. The molecule has 0 spiro atoms. The fourth-order valence-corrected chi connectivity index (χ4v) is 2.82. The van der Waals surface area contributed by atoms with E-state index < -0.39 is 0 Å². The van der Waals surface area contributed by atoms with Crippen LogP contribution < -0.4 is 15.9 Å². The second-order valence-electron chi connectivity index (χ2n) is 7.07. The van der Waals surface area contributed by atoms with Crippen LogP contribution in [0.1, 0.15) is 29.8 Å². The molecule has 29 heavy (non-hydrogen) atoms. The molecule has 1 aliphatic rings. The zero-order chi connectivity index (χ0) is 21.0. The van der Waals surface area contributed by atoms with E-state index in [0.717, 1.165) is 22.4 Å². The van der Waals surface area contributed by atoms with Crippen LogP contribution in [0.4, 0.5) is 5.69 Å². The Hall–Kier alpha value is -2.94. The number of nitrogens with one attached hydrogen (secondary N) is 2. The molecule has 8 heteroatoms. The number of hydrogen-bond donors (Lipinski definition) is 3. The molecule has 0 fully saturated rings. The normalized spacial score (nSPS) is 15.5. The molecule has 0 unspecified atom stereocenters. The van der Waals surface area contributed by atoms with Gasteiger partial charge in [-0.15, -0.1) is 10.6 Å². The van der Waals surface area contributed by atoms with Crippen molar-refractivity contribution in [3.8, 4) is 11.1 Å². The number of aliphatic hydroxyl groups is 1. The lowest BCUT2D eigenvalue weighted by molar-refractivity contribution is -0.0405. The van der Waals surface area contributed by atoms with Gasteiger partial charge in [0.15, 0.2) is 6.23 Å². The summed E-state index contributed by atoms with van der Waals surface area (Å²) in [4.78, 5) is 12.7. The van der Waals surface area contributed by atoms with Gasteiger partial charge in [0.2, 0.25) is 0 Å². The number of aliphatic hydroxyl groups excluding tert-OH is 1. The van der Waals surface area contributed by atoms with Crippen LogP contribution in [-0.4, -0.2) is 48.5 Å². The molecule has 2 atom stereocenters. The smallest absolute Gasteiger partial charge is 0.251 e. The molecule has 1 aliphatic heterocycles. The van der Waals surface area contributed by atoms with Crippen molar-refractivity contribution in [2.45, 2.75) is 33.0 Å². The van der Waals surface area contributed by atoms with Gasteiger partial charge in [-0.3, -0.25) is 4.79 Å². The summed E-state index contributed by atoms with van der Waals surface area (Å²) >= 11 is 0. The van der Waals surface area contributed by atoms with Crippen LogP contribution in [-0.2, 0) is 4.74 Å². The Bertz CT molecular complexity index is 884. The quantitative estimate of drug-likeness (QED) is 0.664. The van der Waals surface area contributed by atoms with Crippen molar-refractivity contribution in [2.75, 3.05) is 18.7 Å². The van der Waals surface area contributed by atoms with Gasteiger partial charge in [0.1, 0.15) is 6.34 Å². The minimum absolute atomic E-state index is 0.125. The van der Waals surface area contributed by atoms with Crippen molar-refractivity contribution >= 4 is 17.9 Å². The fourth-order valence-electron chi connectivity index (χ4n) is 2.82. The Kier molecular flexibility index (Phi) is 6.48. The molecule has 0 saturated heterocycles. The number of carbonyl (C=O) groups excluding carboxylic acids is 1. The first-order chi connectivity index (χ1) is 13.9. The number of nitrogens with zero attached hydrogens (tertiary/aromatic N) is 3. The Balaban J connectivity index is 1.96. The van der Waals surface area contributed by atoms with Gasteiger partial charge in [0.05, 0.1) is 12.3 Å². The van der Waals surface area contributed by atoms with E-state index in [1.807, 2.05) is 50.2 Å². The van der Waals surface area contributed by atoms with Gasteiger partial charge >= 0.3 is 0 Å². The Morgan fingerprint density at radius 3 is 2.59 bits per heavy atom. The third-order valence-electron chi connectivity index (χ3n) is 4.68. The van der Waals surface area contributed by atoms with Crippen molar-refractivity contribution in [1.29, 1.82) is 0 Å². The van der Waals surface area contributed by atoms with Crippen LogP contribution in [0.25, 0.3) is 11.1 Å². The Morgan fingerprint density at radius 1 is 1.21 bits per heavy atom. The predicted octanol–water partition coefficient (Wildman–Crippen LogP) is 2.25. The number of methoxy groups -OCH3 is 1. The molecular weight excluding hydrogens is 370 g/mol. The number of amides is 1. The first kappa shape index (κ1) is 20.8. The summed E-state index contributed by atoms with van der Waals surface area (Å²) < 4.78 is 5.28. The maximum Gasteiger partial charge on any atom is 0.251 e. The summed E-state index contributed by atoms with van der Waals surface area (Å²) in [7, 11) is 1.60. The topological polar surface area (TPSA) is 89.4 Å². The standard InChI is InChI=1S/C21H27N5O3/c1-14-5-7-17(8-6-14)18-9-19(21(28)23-15(2)12-27)11-20(10-18)25-13-22-26(24-25)16(3)29-4/h5-11,13,15-16,24,27H,12H2,1-4H3,(H,23,28)/t15-,16-/m0/s1. The molecular formula is C21H27N5O3. The number of carbonyl (C=O) groups is 1. The number of aryl methyl sites for hydroxylation is 1. The first-order valence-electron chi connectivity index (χ1n) is 9.46. The van der Waals surface area contributed by atoms with Gasteiger partial charge in [0.25, 0.3) is 5.91 Å². The molecule has 1 heterocycles. The third-order valence-corrected chi connectivity index (χ3v) is 4.68. The molecule has 0 radical (unpaired) electrons. The van der Waals surface area contributed by atoms with Crippen molar-refractivity contribution in [3.05, 3.63) is 53.6 Å². The summed E-state index contributed by atoms with van der Waals surface area (Å²) in [6, 6.07) is 13.4. The molecule has 3 rings (SSSR count). The van der Waals surface area contributed by atoms with Crippen molar-refractivity contribution < 1.29 is 14.6 Å². The van der Waals surface area contributed by atoms with E-state index in [0.29, 0.717) is 5.56 Å². The molecule has 8 nitrogen and oxygen atoms in total. The molecule has 1 amide bonds. The molecule has 3 N–H and O–H groups in total. The van der Waals surface area contributed by atoms with Gasteiger partial charge in [-0.1, -0.05) is 29.8 Å². The average molecular weight is 397 g/mol. The summed E-state index contributed by atoms with van der Waals surface area (Å²) in [6.45, 7) is 5.53. The lowest BCUT2D eigenvalue weighted by atomic mass is 10.0. The van der Waals surface area contributed by atoms with Crippen molar-refractivity contribution in [3.63, 3.8) is 0 Å². The van der Waals surface area contributed by atoms with E-state index in [4.69, 9.17) is 4.74 Å². The number of ether oxygens (including phenoxy) is 1. The number of hydrogen-bond acceptors (Lipinski definition) is 7. The minimum atomic E-state index is -0.335. The number of rotatable bonds is 7. The Labute approximate surface area is 170 Å². The van der Waals surface area contributed by atoms with Gasteiger partial charge in [-0.2, -0.15) is 5.12 Å². The zero-order valence-corrected chi connectivity index (χ0v) is 17.1. The number of anilines is 1. The highest BCUT2D eigenvalue weighted by Gasteiger charge is 2.21. The van der Waals surface area contributed by atoms with Crippen molar-refractivity contribution in [2.24, 2.45) is 5.10 Å². The molecule has 0 aliphatic carbocycles. The highest BCUT2D eigenvalue weighted by atomic mass is 16.5. The van der Waals surface area contributed by atoms with Crippen LogP contribution in [0.2, 0.25) is 0 Å². The lowest BCUT2D eigenvalue weighted by Crippen LogP contribution is -2.45. The van der Waals surface area contributed by atoms with Gasteiger partial charge in [0, 0.05) is 18.7 Å². The summed E-state index contributed by atoms with van der Waals surface area (Å²) in [5, 5.41) is 19.6. The second kappa shape index (κ2) is 9.04. The Morgan fingerprint density at radius 2 is 1.93 bits per heavy atom. The maximum absolute atomic E-state index is 12.7. The highest BCUT2D eigenvalue weighted by molar-refractivity contribution is 5.98. The highest BCUT2D eigenvalue weighted by Crippen LogP contribution is 2.27. The fraction of sp³-hybridized carbons (Fsp3) is 0.333. The van der Waals surface area contributed by atoms with Crippen LogP contribution in [0, 0.1) is 6.92 Å². The van der Waals surface area contributed by atoms with Crippen LogP contribution in [0.15, 0.2) is 47.6 Å². The second-order valence-corrected chi connectivity index (χ2v) is 7.07. The molecule has 2 aromatic rings. The number of hydrazone groups is 1. The largest absolute Gasteiger partial charge is 0.394 e. The summed E-state index contributed by atoms with van der Waals surface area (Å²) in [6.07, 6.45) is 1.37. The van der Waals surface area contributed by atoms with E-state index in [1.165, 1.54) is 0 Å². The molecule has 0 saturated carbocycles. The van der Waals surface area contributed by atoms with E-state index in [-0.39, 0.29) is 24.8 Å². The van der Waals surface area contributed by atoms with Gasteiger partial charge in [-0.25, -0.2) is 5.01 Å². The summed E-state index contributed by atoms with van der Waals surface area (Å²) in [5.74, 6) is -0.250. The monoisotopic (exact) mass is 397 g/mol. The van der Waals surface area contributed by atoms with Crippen LogP contribution >= 0.6 is 0 Å². The SMILES string of the molecule is CO[C@@H](C)N1N=CN(c2cc(C(=O)N[C@@H](C)CO)cc(-c3ccc(C)cc3)c2)N1. The third kappa shape index (κ3) is 4.92. The molecule has 0 bridgehead atoms. The van der Waals surface area contributed by atoms with Crippen LogP contribution in [0.5, 0.6) is 0 Å². The van der Waals surface area contributed by atoms with E-state index in [1.54, 1.807) is 36.6 Å². The summed E-state index contributed by atoms with van der Waals surface area (Å²) in [5.41, 5.74) is 7.42. The zero-order valence-electron chi connectivity index (χ0n) is 17.1.